The van der Waals surface area contributed by atoms with Crippen LogP contribution in [-0.2, 0) is 16.4 Å². The molecule has 0 radical (unpaired) electrons. The van der Waals surface area contributed by atoms with Crippen LogP contribution in [0.15, 0.2) is 36.5 Å². The van der Waals surface area contributed by atoms with E-state index in [0.29, 0.717) is 28.6 Å². The van der Waals surface area contributed by atoms with Gasteiger partial charge in [0.25, 0.3) is 0 Å². The van der Waals surface area contributed by atoms with E-state index in [9.17, 15) is 8.42 Å². The molecule has 1 aromatic carbocycles. The third kappa shape index (κ3) is 7.46. The zero-order valence-corrected chi connectivity index (χ0v) is 22.8. The first-order valence-electron chi connectivity index (χ1n) is 12.3. The van der Waals surface area contributed by atoms with E-state index in [0.717, 1.165) is 57.0 Å². The SMILES string of the molecule is C[C@H]1CN(c2ncc(NS(C)(=O)=O)cc2Cl)CCN1C1CCN(CCCc2ccc(Cl)cc2)CC1. The van der Waals surface area contributed by atoms with Crippen LogP contribution in [0, 0.1) is 0 Å². The van der Waals surface area contributed by atoms with Crippen molar-refractivity contribution >= 4 is 44.7 Å². The Bertz CT molecular complexity index is 1090. The molecular weight excluding hydrogens is 505 g/mol. The van der Waals surface area contributed by atoms with Gasteiger partial charge >= 0.3 is 0 Å². The smallest absolute Gasteiger partial charge is 0.229 e. The van der Waals surface area contributed by atoms with Gasteiger partial charge in [-0.1, -0.05) is 35.3 Å². The fourth-order valence-electron chi connectivity index (χ4n) is 5.27. The molecule has 0 saturated carbocycles. The molecule has 2 aromatic rings. The number of aromatic nitrogens is 1. The maximum Gasteiger partial charge on any atom is 0.229 e. The number of benzene rings is 1. The third-order valence-corrected chi connectivity index (χ3v) is 8.12. The lowest BCUT2D eigenvalue weighted by Crippen LogP contribution is -2.57. The first kappa shape index (κ1) is 26.5. The fraction of sp³-hybridized carbons (Fsp3) is 0.560. The summed E-state index contributed by atoms with van der Waals surface area (Å²) in [4.78, 5) is 11.9. The molecule has 0 bridgehead atoms. The maximum absolute atomic E-state index is 11.5. The van der Waals surface area contributed by atoms with E-state index in [2.05, 4.69) is 43.5 Å². The van der Waals surface area contributed by atoms with Crippen LogP contribution in [0.2, 0.25) is 10.0 Å². The second-order valence-corrected chi connectivity index (χ2v) is 12.3. The molecule has 10 heteroatoms. The van der Waals surface area contributed by atoms with Crippen molar-refractivity contribution in [1.29, 1.82) is 0 Å². The van der Waals surface area contributed by atoms with Crippen LogP contribution in [0.3, 0.4) is 0 Å². The Morgan fingerprint density at radius 3 is 2.43 bits per heavy atom. The van der Waals surface area contributed by atoms with E-state index in [1.165, 1.54) is 31.0 Å². The largest absolute Gasteiger partial charge is 0.353 e. The molecule has 2 fully saturated rings. The highest BCUT2D eigenvalue weighted by Crippen LogP contribution is 2.30. The van der Waals surface area contributed by atoms with Gasteiger partial charge < -0.3 is 9.80 Å². The number of anilines is 2. The van der Waals surface area contributed by atoms with Crippen LogP contribution in [0.25, 0.3) is 0 Å². The molecule has 1 N–H and O–H groups in total. The molecule has 3 heterocycles. The van der Waals surface area contributed by atoms with Gasteiger partial charge in [0.2, 0.25) is 10.0 Å². The number of aryl methyl sites for hydroxylation is 1. The molecule has 2 saturated heterocycles. The predicted octanol–water partition coefficient (Wildman–Crippen LogP) is 4.37. The van der Waals surface area contributed by atoms with E-state index in [1.54, 1.807) is 6.07 Å². The van der Waals surface area contributed by atoms with E-state index in [4.69, 9.17) is 23.2 Å². The Kier molecular flexibility index (Phi) is 8.81. The van der Waals surface area contributed by atoms with Crippen molar-refractivity contribution in [3.8, 4) is 0 Å². The Labute approximate surface area is 219 Å². The zero-order chi connectivity index (χ0) is 25.0. The Balaban J connectivity index is 1.23. The van der Waals surface area contributed by atoms with Gasteiger partial charge in [0, 0.05) is 36.7 Å². The van der Waals surface area contributed by atoms with Crippen LogP contribution in [0.1, 0.15) is 31.7 Å². The summed E-state index contributed by atoms with van der Waals surface area (Å²) in [7, 11) is -3.36. The number of likely N-dealkylation sites (tertiary alicyclic amines) is 1. The Morgan fingerprint density at radius 1 is 1.09 bits per heavy atom. The van der Waals surface area contributed by atoms with E-state index < -0.39 is 10.0 Å². The highest BCUT2D eigenvalue weighted by atomic mass is 35.5. The Hall–Kier alpha value is -1.58. The van der Waals surface area contributed by atoms with E-state index in [1.807, 2.05) is 12.1 Å². The van der Waals surface area contributed by atoms with Gasteiger partial charge in [-0.2, -0.15) is 0 Å². The first-order chi connectivity index (χ1) is 16.7. The molecule has 2 aliphatic heterocycles. The molecular formula is C25H35Cl2N5O2S. The number of nitrogens with zero attached hydrogens (tertiary/aromatic N) is 4. The van der Waals surface area contributed by atoms with Gasteiger partial charge in [-0.15, -0.1) is 0 Å². The van der Waals surface area contributed by atoms with Crippen molar-refractivity contribution in [2.75, 3.05) is 55.1 Å². The number of piperazine rings is 1. The fourth-order valence-corrected chi connectivity index (χ4v) is 6.22. The number of nitrogens with one attached hydrogen (secondary N) is 1. The maximum atomic E-state index is 11.5. The highest BCUT2D eigenvalue weighted by molar-refractivity contribution is 7.92. The predicted molar refractivity (Wildman–Crippen MR) is 145 cm³/mol. The molecule has 192 valence electrons. The minimum atomic E-state index is -3.36. The summed E-state index contributed by atoms with van der Waals surface area (Å²) in [6.45, 7) is 8.42. The van der Waals surface area contributed by atoms with Crippen molar-refractivity contribution in [2.24, 2.45) is 0 Å². The minimum Gasteiger partial charge on any atom is -0.353 e. The molecule has 4 rings (SSSR count). The summed E-state index contributed by atoms with van der Waals surface area (Å²) >= 11 is 12.4. The van der Waals surface area contributed by atoms with Gasteiger partial charge in [-0.3, -0.25) is 9.62 Å². The van der Waals surface area contributed by atoms with Crippen molar-refractivity contribution in [1.82, 2.24) is 14.8 Å². The second-order valence-electron chi connectivity index (χ2n) is 9.74. The van der Waals surface area contributed by atoms with Crippen molar-refractivity contribution in [3.05, 3.63) is 52.1 Å². The normalized spacial score (nSPS) is 20.8. The third-order valence-electron chi connectivity index (χ3n) is 6.98. The van der Waals surface area contributed by atoms with Crippen molar-refractivity contribution < 1.29 is 8.42 Å². The summed E-state index contributed by atoms with van der Waals surface area (Å²) in [5.41, 5.74) is 1.74. The van der Waals surface area contributed by atoms with Crippen molar-refractivity contribution in [3.63, 3.8) is 0 Å². The average Bonchev–Trinajstić information content (AvgIpc) is 2.80. The average molecular weight is 541 g/mol. The van der Waals surface area contributed by atoms with E-state index >= 15 is 0 Å². The number of hydrogen-bond donors (Lipinski definition) is 1. The van der Waals surface area contributed by atoms with Crippen molar-refractivity contribution in [2.45, 2.75) is 44.7 Å². The monoisotopic (exact) mass is 539 g/mol. The van der Waals surface area contributed by atoms with Crippen LogP contribution >= 0.6 is 23.2 Å². The molecule has 0 unspecified atom stereocenters. The molecule has 1 atom stereocenters. The molecule has 0 spiro atoms. The number of halogens is 2. The van der Waals surface area contributed by atoms with Gasteiger partial charge in [0.05, 0.1) is 23.2 Å². The molecule has 35 heavy (non-hydrogen) atoms. The number of piperidine rings is 1. The lowest BCUT2D eigenvalue weighted by molar-refractivity contribution is 0.0711. The summed E-state index contributed by atoms with van der Waals surface area (Å²) in [6.07, 6.45) is 7.32. The van der Waals surface area contributed by atoms with Gasteiger partial charge in [0.15, 0.2) is 0 Å². The van der Waals surface area contributed by atoms with Gasteiger partial charge in [-0.05, 0) is 76.0 Å². The summed E-state index contributed by atoms with van der Waals surface area (Å²) < 4.78 is 25.4. The molecule has 2 aliphatic rings. The number of sulfonamides is 1. The van der Waals surface area contributed by atoms with E-state index in [-0.39, 0.29) is 0 Å². The summed E-state index contributed by atoms with van der Waals surface area (Å²) in [5.74, 6) is 0.715. The quantitative estimate of drug-likeness (QED) is 0.537. The standard InChI is InChI=1S/C25H35Cl2N5O2S/c1-19-18-31(25-24(27)16-22(17-28-25)29-35(2,33)34)14-15-32(19)23-9-12-30(13-10-23)11-3-4-20-5-7-21(26)8-6-20/h5-8,16-17,19,23,29H,3-4,9-15,18H2,1-2H3/t19-/m0/s1. The lowest BCUT2D eigenvalue weighted by atomic mass is 9.99. The zero-order valence-electron chi connectivity index (χ0n) is 20.5. The number of pyridine rings is 1. The topological polar surface area (TPSA) is 68.8 Å². The van der Waals surface area contributed by atoms with Crippen LogP contribution in [0.4, 0.5) is 11.5 Å². The highest BCUT2D eigenvalue weighted by Gasteiger charge is 2.32. The number of rotatable bonds is 8. The summed E-state index contributed by atoms with van der Waals surface area (Å²) in [5, 5.41) is 1.26. The van der Waals surface area contributed by atoms with Gasteiger partial charge in [0.1, 0.15) is 5.82 Å². The van der Waals surface area contributed by atoms with Crippen LogP contribution < -0.4 is 9.62 Å². The van der Waals surface area contributed by atoms with Gasteiger partial charge in [-0.25, -0.2) is 13.4 Å². The number of hydrogen-bond acceptors (Lipinski definition) is 6. The molecule has 0 aliphatic carbocycles. The Morgan fingerprint density at radius 2 is 1.80 bits per heavy atom. The first-order valence-corrected chi connectivity index (χ1v) is 14.9. The minimum absolute atomic E-state index is 0.382. The molecule has 7 nitrogen and oxygen atoms in total. The van der Waals surface area contributed by atoms with Crippen LogP contribution in [-0.4, -0.2) is 80.8 Å². The summed E-state index contributed by atoms with van der Waals surface area (Å²) in [6, 6.07) is 10.8. The lowest BCUT2D eigenvalue weighted by Gasteiger charge is -2.47. The molecule has 1 aromatic heterocycles. The van der Waals surface area contributed by atoms with Crippen LogP contribution in [0.5, 0.6) is 0 Å². The second kappa shape index (κ2) is 11.6. The molecule has 0 amide bonds.